The highest BCUT2D eigenvalue weighted by molar-refractivity contribution is 6.04. The third-order valence-electron chi connectivity index (χ3n) is 2.50. The Kier molecular flexibility index (Phi) is 3.37. The molecular formula is C12H13FN2O2. The molecule has 5 heteroatoms. The van der Waals surface area contributed by atoms with E-state index in [-0.39, 0.29) is 11.7 Å². The molecule has 90 valence electrons. The van der Waals surface area contributed by atoms with E-state index in [1.54, 1.807) is 19.1 Å². The Morgan fingerprint density at radius 1 is 1.59 bits per heavy atom. The van der Waals surface area contributed by atoms with E-state index in [9.17, 15) is 9.18 Å². The highest BCUT2D eigenvalue weighted by Crippen LogP contribution is 2.27. The maximum Gasteiger partial charge on any atom is 0.239 e. The van der Waals surface area contributed by atoms with Gasteiger partial charge in [-0.3, -0.25) is 4.79 Å². The first-order valence-corrected chi connectivity index (χ1v) is 5.49. The van der Waals surface area contributed by atoms with Crippen LogP contribution in [0.3, 0.4) is 0 Å². The maximum atomic E-state index is 13.4. The SMILES string of the molecule is CCC(=O)NN=C1CCOc2c(F)cccc21. The van der Waals surface area contributed by atoms with Gasteiger partial charge >= 0.3 is 0 Å². The molecule has 0 aromatic heterocycles. The number of para-hydroxylation sites is 1. The van der Waals surface area contributed by atoms with Gasteiger partial charge in [-0.2, -0.15) is 5.10 Å². The third kappa shape index (κ3) is 2.43. The molecule has 1 aromatic rings. The zero-order valence-corrected chi connectivity index (χ0v) is 9.50. The van der Waals surface area contributed by atoms with Gasteiger partial charge in [0.2, 0.25) is 5.91 Å². The van der Waals surface area contributed by atoms with Crippen molar-refractivity contribution < 1.29 is 13.9 Å². The van der Waals surface area contributed by atoms with E-state index in [2.05, 4.69) is 10.5 Å². The summed E-state index contributed by atoms with van der Waals surface area (Å²) in [6.07, 6.45) is 0.920. The quantitative estimate of drug-likeness (QED) is 0.796. The molecule has 0 spiro atoms. The predicted molar refractivity (Wildman–Crippen MR) is 61.5 cm³/mol. The summed E-state index contributed by atoms with van der Waals surface area (Å²) in [4.78, 5) is 11.1. The molecule has 4 nitrogen and oxygen atoms in total. The number of halogens is 1. The molecule has 1 aliphatic heterocycles. The van der Waals surface area contributed by atoms with Crippen LogP contribution in [0.5, 0.6) is 5.75 Å². The largest absolute Gasteiger partial charge is 0.489 e. The molecule has 1 amide bonds. The molecule has 1 N–H and O–H groups in total. The zero-order chi connectivity index (χ0) is 12.3. The summed E-state index contributed by atoms with van der Waals surface area (Å²) in [5.74, 6) is -0.359. The molecule has 2 rings (SSSR count). The average molecular weight is 236 g/mol. The van der Waals surface area contributed by atoms with Crippen molar-refractivity contribution in [3.8, 4) is 5.75 Å². The Balaban J connectivity index is 2.29. The lowest BCUT2D eigenvalue weighted by Crippen LogP contribution is -2.23. The van der Waals surface area contributed by atoms with Crippen molar-refractivity contribution in [2.45, 2.75) is 19.8 Å². The van der Waals surface area contributed by atoms with E-state index >= 15 is 0 Å². The second kappa shape index (κ2) is 4.95. The number of ether oxygens (including phenoxy) is 1. The van der Waals surface area contributed by atoms with Gasteiger partial charge in [0, 0.05) is 18.4 Å². The monoisotopic (exact) mass is 236 g/mol. The van der Waals surface area contributed by atoms with Gasteiger partial charge in [0.15, 0.2) is 11.6 Å². The lowest BCUT2D eigenvalue weighted by atomic mass is 10.0. The van der Waals surface area contributed by atoms with Crippen molar-refractivity contribution in [2.75, 3.05) is 6.61 Å². The fourth-order valence-electron chi connectivity index (χ4n) is 1.59. The fraction of sp³-hybridized carbons (Fsp3) is 0.333. The minimum atomic E-state index is -0.406. The average Bonchev–Trinajstić information content (AvgIpc) is 2.36. The van der Waals surface area contributed by atoms with E-state index in [4.69, 9.17) is 4.74 Å². The number of benzene rings is 1. The second-order valence-electron chi connectivity index (χ2n) is 3.66. The van der Waals surface area contributed by atoms with Crippen LogP contribution in [0.15, 0.2) is 23.3 Å². The van der Waals surface area contributed by atoms with Crippen LogP contribution in [-0.2, 0) is 4.79 Å². The second-order valence-corrected chi connectivity index (χ2v) is 3.66. The van der Waals surface area contributed by atoms with Crippen LogP contribution < -0.4 is 10.2 Å². The summed E-state index contributed by atoms with van der Waals surface area (Å²) in [6.45, 7) is 2.11. The minimum Gasteiger partial charge on any atom is -0.489 e. The first kappa shape index (κ1) is 11.6. The molecule has 0 unspecified atom stereocenters. The molecular weight excluding hydrogens is 223 g/mol. The van der Waals surface area contributed by atoms with E-state index in [1.165, 1.54) is 6.07 Å². The number of nitrogens with one attached hydrogen (secondary N) is 1. The van der Waals surface area contributed by atoms with E-state index in [0.29, 0.717) is 30.7 Å². The highest BCUT2D eigenvalue weighted by Gasteiger charge is 2.20. The summed E-state index contributed by atoms with van der Waals surface area (Å²) in [7, 11) is 0. The lowest BCUT2D eigenvalue weighted by molar-refractivity contribution is -0.120. The van der Waals surface area contributed by atoms with Crippen molar-refractivity contribution in [1.29, 1.82) is 0 Å². The first-order valence-electron chi connectivity index (χ1n) is 5.49. The lowest BCUT2D eigenvalue weighted by Gasteiger charge is -2.19. The van der Waals surface area contributed by atoms with Crippen LogP contribution in [0.2, 0.25) is 0 Å². The Bertz CT molecular complexity index is 472. The Morgan fingerprint density at radius 2 is 2.41 bits per heavy atom. The number of nitrogens with zero attached hydrogens (tertiary/aromatic N) is 1. The van der Waals surface area contributed by atoms with Gasteiger partial charge in [-0.25, -0.2) is 9.82 Å². The number of carbonyl (C=O) groups excluding carboxylic acids is 1. The molecule has 0 atom stereocenters. The van der Waals surface area contributed by atoms with Gasteiger partial charge in [0.25, 0.3) is 0 Å². The van der Waals surface area contributed by atoms with Crippen LogP contribution in [-0.4, -0.2) is 18.2 Å². The van der Waals surface area contributed by atoms with Crippen molar-refractivity contribution in [3.63, 3.8) is 0 Å². The smallest absolute Gasteiger partial charge is 0.239 e. The molecule has 0 saturated heterocycles. The number of hydrogen-bond donors (Lipinski definition) is 1. The summed E-state index contributed by atoms with van der Waals surface area (Å²) < 4.78 is 18.7. The van der Waals surface area contributed by atoms with Crippen molar-refractivity contribution in [2.24, 2.45) is 5.10 Å². The zero-order valence-electron chi connectivity index (χ0n) is 9.50. The molecule has 1 aliphatic rings. The van der Waals surface area contributed by atoms with E-state index in [0.717, 1.165) is 0 Å². The molecule has 17 heavy (non-hydrogen) atoms. The number of rotatable bonds is 2. The Labute approximate surface area is 98.5 Å². The van der Waals surface area contributed by atoms with Crippen molar-refractivity contribution >= 4 is 11.6 Å². The van der Waals surface area contributed by atoms with Crippen LogP contribution >= 0.6 is 0 Å². The minimum absolute atomic E-state index is 0.165. The number of fused-ring (bicyclic) bond motifs is 1. The van der Waals surface area contributed by atoms with Crippen LogP contribution in [0.4, 0.5) is 4.39 Å². The first-order chi connectivity index (χ1) is 8.22. The predicted octanol–water partition coefficient (Wildman–Crippen LogP) is 1.84. The number of hydrogen-bond acceptors (Lipinski definition) is 3. The molecule has 1 aromatic carbocycles. The van der Waals surface area contributed by atoms with Crippen molar-refractivity contribution in [3.05, 3.63) is 29.6 Å². The summed E-state index contributed by atoms with van der Waals surface area (Å²) in [6, 6.07) is 4.67. The van der Waals surface area contributed by atoms with Gasteiger partial charge in [0.05, 0.1) is 12.3 Å². The summed E-state index contributed by atoms with van der Waals surface area (Å²) in [5.41, 5.74) is 3.68. The normalized spacial score (nSPS) is 16.2. The van der Waals surface area contributed by atoms with Crippen LogP contribution in [0.1, 0.15) is 25.3 Å². The number of carbonyl (C=O) groups is 1. The fourth-order valence-corrected chi connectivity index (χ4v) is 1.59. The summed E-state index contributed by atoms with van der Waals surface area (Å²) in [5, 5.41) is 4.01. The topological polar surface area (TPSA) is 50.7 Å². The van der Waals surface area contributed by atoms with Crippen LogP contribution in [0.25, 0.3) is 0 Å². The Morgan fingerprint density at radius 3 is 3.18 bits per heavy atom. The Hall–Kier alpha value is -1.91. The standard InChI is InChI=1S/C12H13FN2O2/c1-2-11(16)15-14-10-6-7-17-12-8(10)4-3-5-9(12)13/h3-5H,2,6-7H2,1H3,(H,15,16). The molecule has 0 fully saturated rings. The molecule has 0 saturated carbocycles. The van der Waals surface area contributed by atoms with E-state index in [1.807, 2.05) is 0 Å². The van der Waals surface area contributed by atoms with Gasteiger partial charge in [-0.1, -0.05) is 13.0 Å². The molecule has 0 aliphatic carbocycles. The summed E-state index contributed by atoms with van der Waals surface area (Å²) >= 11 is 0. The number of amides is 1. The van der Waals surface area contributed by atoms with E-state index < -0.39 is 5.82 Å². The number of hydrazone groups is 1. The maximum absolute atomic E-state index is 13.4. The van der Waals surface area contributed by atoms with Gasteiger partial charge in [-0.15, -0.1) is 0 Å². The van der Waals surface area contributed by atoms with Gasteiger partial charge in [0.1, 0.15) is 0 Å². The molecule has 0 radical (unpaired) electrons. The van der Waals surface area contributed by atoms with Gasteiger partial charge < -0.3 is 4.74 Å². The molecule has 0 bridgehead atoms. The third-order valence-corrected chi connectivity index (χ3v) is 2.50. The van der Waals surface area contributed by atoms with Gasteiger partial charge in [-0.05, 0) is 12.1 Å². The highest BCUT2D eigenvalue weighted by atomic mass is 19.1. The molecule has 1 heterocycles. The van der Waals surface area contributed by atoms with Crippen LogP contribution in [0, 0.1) is 5.82 Å². The van der Waals surface area contributed by atoms with Crippen molar-refractivity contribution in [1.82, 2.24) is 5.43 Å².